The second-order valence-electron chi connectivity index (χ2n) is 5.26. The van der Waals surface area contributed by atoms with Crippen LogP contribution in [0.3, 0.4) is 0 Å². The first-order chi connectivity index (χ1) is 9.99. The normalized spacial score (nSPS) is 13.9. The number of hydrogen-bond donors (Lipinski definition) is 0. The fourth-order valence-corrected chi connectivity index (χ4v) is 4.41. The molecule has 2 aromatic carbocycles. The van der Waals surface area contributed by atoms with Gasteiger partial charge in [0.25, 0.3) is 0 Å². The Hall–Kier alpha value is -1.63. The van der Waals surface area contributed by atoms with Crippen molar-refractivity contribution in [3.63, 3.8) is 0 Å². The summed E-state index contributed by atoms with van der Waals surface area (Å²) in [5.74, 6) is 0. The second kappa shape index (κ2) is 6.43. The lowest BCUT2D eigenvalue weighted by molar-refractivity contribution is 0.525. The molecule has 0 radical (unpaired) electrons. The molecule has 0 spiro atoms. The summed E-state index contributed by atoms with van der Waals surface area (Å²) in [6.45, 7) is 6.13. The van der Waals surface area contributed by atoms with Crippen LogP contribution in [0.4, 0.5) is 0 Å². The molecule has 0 bridgehead atoms. The van der Waals surface area contributed by atoms with E-state index >= 15 is 0 Å². The molecule has 2 aromatic rings. The van der Waals surface area contributed by atoms with Gasteiger partial charge in [0.05, 0.1) is 0 Å². The minimum Gasteiger partial charge on any atom is -0.301 e. The maximum absolute atomic E-state index is 12.9. The molecule has 0 aliphatic heterocycles. The van der Waals surface area contributed by atoms with Crippen LogP contribution in [0.5, 0.6) is 0 Å². The number of rotatable bonds is 5. The summed E-state index contributed by atoms with van der Waals surface area (Å²) in [7, 11) is 1.31. The molecule has 0 aliphatic rings. The van der Waals surface area contributed by atoms with E-state index in [0.29, 0.717) is 6.16 Å². The summed E-state index contributed by atoms with van der Waals surface area (Å²) in [6, 6.07) is 18.1. The standard InChI is InChI=1S/C18H22NOP/c1-5-21(20,19(3)4)18-13-11-17(12-14-18)15(2)16-9-7-6-8-10-16/h6-14H,2,5H2,1,3-4H3. The Kier molecular flexibility index (Phi) is 4.82. The first-order valence-electron chi connectivity index (χ1n) is 7.11. The van der Waals surface area contributed by atoms with Crippen LogP contribution in [0.15, 0.2) is 61.2 Å². The Balaban J connectivity index is 2.32. The predicted octanol–water partition coefficient (Wildman–Crippen LogP) is 4.23. The van der Waals surface area contributed by atoms with E-state index in [9.17, 15) is 4.57 Å². The fraction of sp³-hybridized carbons (Fsp3) is 0.222. The van der Waals surface area contributed by atoms with Crippen LogP contribution in [0.25, 0.3) is 5.57 Å². The van der Waals surface area contributed by atoms with Gasteiger partial charge in [0.15, 0.2) is 7.29 Å². The third-order valence-electron chi connectivity index (χ3n) is 3.82. The van der Waals surface area contributed by atoms with E-state index in [-0.39, 0.29) is 0 Å². The van der Waals surface area contributed by atoms with Crippen LogP contribution in [0.2, 0.25) is 0 Å². The third kappa shape index (κ3) is 3.18. The first kappa shape index (κ1) is 15.8. The summed E-state index contributed by atoms with van der Waals surface area (Å²) in [5, 5.41) is 0.902. The molecule has 0 saturated heterocycles. The molecular weight excluding hydrogens is 277 g/mol. The van der Waals surface area contributed by atoms with Crippen molar-refractivity contribution in [2.75, 3.05) is 20.3 Å². The zero-order valence-electron chi connectivity index (χ0n) is 12.9. The van der Waals surface area contributed by atoms with Gasteiger partial charge in [0.1, 0.15) is 0 Å². The summed E-state index contributed by atoms with van der Waals surface area (Å²) >= 11 is 0. The highest BCUT2D eigenvalue weighted by molar-refractivity contribution is 7.69. The Morgan fingerprint density at radius 3 is 2.00 bits per heavy atom. The average molecular weight is 299 g/mol. The quantitative estimate of drug-likeness (QED) is 0.770. The van der Waals surface area contributed by atoms with Crippen LogP contribution in [0, 0.1) is 0 Å². The molecule has 2 nitrogen and oxygen atoms in total. The van der Waals surface area contributed by atoms with Crippen LogP contribution < -0.4 is 5.30 Å². The van der Waals surface area contributed by atoms with Gasteiger partial charge < -0.3 is 4.57 Å². The van der Waals surface area contributed by atoms with E-state index < -0.39 is 7.29 Å². The van der Waals surface area contributed by atoms with Gasteiger partial charge in [-0.05, 0) is 42.9 Å². The Morgan fingerprint density at radius 1 is 1.00 bits per heavy atom. The molecule has 1 unspecified atom stereocenters. The number of benzene rings is 2. The zero-order chi connectivity index (χ0) is 15.5. The van der Waals surface area contributed by atoms with Crippen molar-refractivity contribution in [2.24, 2.45) is 0 Å². The Morgan fingerprint density at radius 2 is 1.52 bits per heavy atom. The van der Waals surface area contributed by atoms with Crippen molar-refractivity contribution in [3.8, 4) is 0 Å². The number of nitrogens with zero attached hydrogens (tertiary/aromatic N) is 1. The van der Waals surface area contributed by atoms with Gasteiger partial charge in [-0.3, -0.25) is 4.67 Å². The zero-order valence-corrected chi connectivity index (χ0v) is 13.8. The minimum atomic E-state index is -2.44. The van der Waals surface area contributed by atoms with Gasteiger partial charge in [-0.1, -0.05) is 56.0 Å². The summed E-state index contributed by atoms with van der Waals surface area (Å²) in [5.41, 5.74) is 3.15. The Labute approximate surface area is 127 Å². The lowest BCUT2D eigenvalue weighted by atomic mass is 10.00. The minimum absolute atomic E-state index is 0.638. The molecule has 3 heteroatoms. The van der Waals surface area contributed by atoms with Gasteiger partial charge in [-0.2, -0.15) is 0 Å². The van der Waals surface area contributed by atoms with Crippen LogP contribution >= 0.6 is 7.29 Å². The highest BCUT2D eigenvalue weighted by Crippen LogP contribution is 2.45. The highest BCUT2D eigenvalue weighted by atomic mass is 31.2. The molecule has 1 atom stereocenters. The summed E-state index contributed by atoms with van der Waals surface area (Å²) in [4.78, 5) is 0. The lowest BCUT2D eigenvalue weighted by Gasteiger charge is -2.24. The fourth-order valence-electron chi connectivity index (χ4n) is 2.40. The van der Waals surface area contributed by atoms with E-state index in [1.807, 2.05) is 80.3 Å². The molecule has 0 aliphatic carbocycles. The van der Waals surface area contributed by atoms with Gasteiger partial charge in [-0.25, -0.2) is 0 Å². The number of hydrogen-bond acceptors (Lipinski definition) is 1. The first-order valence-corrected chi connectivity index (χ1v) is 8.95. The van der Waals surface area contributed by atoms with E-state index in [1.54, 1.807) is 0 Å². The largest absolute Gasteiger partial charge is 0.301 e. The SMILES string of the molecule is C=C(c1ccccc1)c1ccc(P(=O)(CC)N(C)C)cc1. The van der Waals surface area contributed by atoms with Crippen molar-refractivity contribution in [1.29, 1.82) is 0 Å². The van der Waals surface area contributed by atoms with Crippen LogP contribution in [-0.2, 0) is 4.57 Å². The highest BCUT2D eigenvalue weighted by Gasteiger charge is 2.24. The van der Waals surface area contributed by atoms with Crippen LogP contribution in [0.1, 0.15) is 18.1 Å². The smallest absolute Gasteiger partial charge is 0.177 e. The summed E-state index contributed by atoms with van der Waals surface area (Å²) < 4.78 is 14.8. The van der Waals surface area contributed by atoms with Crippen LogP contribution in [-0.4, -0.2) is 24.9 Å². The molecule has 0 fully saturated rings. The van der Waals surface area contributed by atoms with Gasteiger partial charge >= 0.3 is 0 Å². The van der Waals surface area contributed by atoms with Gasteiger partial charge in [0.2, 0.25) is 0 Å². The maximum atomic E-state index is 12.9. The molecular formula is C18H22NOP. The van der Waals surface area contributed by atoms with Crippen molar-refractivity contribution in [2.45, 2.75) is 6.92 Å². The molecule has 0 N–H and O–H groups in total. The van der Waals surface area contributed by atoms with Crippen molar-refractivity contribution >= 4 is 18.2 Å². The van der Waals surface area contributed by atoms with Crippen molar-refractivity contribution in [3.05, 3.63) is 72.3 Å². The van der Waals surface area contributed by atoms with E-state index in [4.69, 9.17) is 0 Å². The molecule has 110 valence electrons. The van der Waals surface area contributed by atoms with E-state index in [0.717, 1.165) is 22.0 Å². The molecule has 0 amide bonds. The molecule has 0 heterocycles. The topological polar surface area (TPSA) is 20.3 Å². The molecule has 0 aromatic heterocycles. The second-order valence-corrected chi connectivity index (χ2v) is 8.61. The summed E-state index contributed by atoms with van der Waals surface area (Å²) in [6.07, 6.45) is 0.638. The predicted molar refractivity (Wildman–Crippen MR) is 92.5 cm³/mol. The lowest BCUT2D eigenvalue weighted by Crippen LogP contribution is -2.20. The average Bonchev–Trinajstić information content (AvgIpc) is 2.54. The molecule has 21 heavy (non-hydrogen) atoms. The van der Waals surface area contributed by atoms with E-state index in [2.05, 4.69) is 6.58 Å². The van der Waals surface area contributed by atoms with Gasteiger partial charge in [0, 0.05) is 11.5 Å². The molecule has 0 saturated carbocycles. The third-order valence-corrected chi connectivity index (χ3v) is 7.07. The Bertz CT molecular complexity index is 659. The van der Waals surface area contributed by atoms with Crippen molar-refractivity contribution in [1.82, 2.24) is 4.67 Å². The maximum Gasteiger partial charge on any atom is 0.177 e. The monoisotopic (exact) mass is 299 g/mol. The molecule has 2 rings (SSSR count). The van der Waals surface area contributed by atoms with E-state index in [1.165, 1.54) is 0 Å². The van der Waals surface area contributed by atoms with Crippen molar-refractivity contribution < 1.29 is 4.57 Å². The van der Waals surface area contributed by atoms with Gasteiger partial charge in [-0.15, -0.1) is 0 Å².